The van der Waals surface area contributed by atoms with Crippen molar-refractivity contribution in [1.29, 1.82) is 0 Å². The Labute approximate surface area is 323 Å². The Morgan fingerprint density at radius 3 is 1.58 bits per heavy atom. The van der Waals surface area contributed by atoms with E-state index in [2.05, 4.69) is 74.6 Å². The lowest BCUT2D eigenvalue weighted by Gasteiger charge is -2.20. The molecule has 0 amide bonds. The molecule has 0 radical (unpaired) electrons. The summed E-state index contributed by atoms with van der Waals surface area (Å²) < 4.78 is 33.3. The van der Waals surface area contributed by atoms with Gasteiger partial charge in [-0.1, -0.05) is 158 Å². The van der Waals surface area contributed by atoms with E-state index < -0.39 is 45.8 Å². The van der Waals surface area contributed by atoms with Crippen molar-refractivity contribution in [2.45, 2.75) is 174 Å². The highest BCUT2D eigenvalue weighted by atomic mass is 31.2. The fourth-order valence-electron chi connectivity index (χ4n) is 5.32. The standard InChI is InChI=1S/C43H77O9P/c1-3-5-7-9-11-13-15-17-19-20-21-22-24-26-28-30-32-34-36-49-39-42(40-51-53(47,48)50-38-41(45)37-44)52-43(46)35-33-31-29-27-25-23-18-16-14-12-10-8-6-4-2/h5,7,11,13,17,19,21-22,26,28,41-42,44-45H,3-4,6,8-10,12,14-16,18,20,23-25,27,29-40H2,1-2H3,(H,47,48)/b7-5-,13-11-,19-17-,22-21-,28-26-. The fraction of sp³-hybridized carbons (Fsp3) is 0.744. The number of aliphatic hydroxyl groups excluding tert-OH is 2. The van der Waals surface area contributed by atoms with Gasteiger partial charge in [0.2, 0.25) is 0 Å². The molecule has 3 unspecified atom stereocenters. The van der Waals surface area contributed by atoms with Crippen molar-refractivity contribution in [3.63, 3.8) is 0 Å². The van der Waals surface area contributed by atoms with Crippen LogP contribution in [-0.2, 0) is 27.9 Å². The van der Waals surface area contributed by atoms with Gasteiger partial charge in [0.15, 0.2) is 0 Å². The lowest BCUT2D eigenvalue weighted by Crippen LogP contribution is -2.29. The second-order valence-electron chi connectivity index (χ2n) is 13.6. The minimum Gasteiger partial charge on any atom is -0.457 e. The van der Waals surface area contributed by atoms with E-state index in [-0.39, 0.29) is 13.0 Å². The lowest BCUT2D eigenvalue weighted by atomic mass is 10.0. The van der Waals surface area contributed by atoms with Gasteiger partial charge in [-0.05, 0) is 57.8 Å². The van der Waals surface area contributed by atoms with Crippen LogP contribution < -0.4 is 0 Å². The summed E-state index contributed by atoms with van der Waals surface area (Å²) in [7, 11) is -4.53. The zero-order valence-corrected chi connectivity index (χ0v) is 34.4. The second kappa shape index (κ2) is 39.8. The van der Waals surface area contributed by atoms with E-state index in [1.54, 1.807) is 0 Å². The van der Waals surface area contributed by atoms with Gasteiger partial charge in [-0.2, -0.15) is 0 Å². The van der Waals surface area contributed by atoms with Gasteiger partial charge >= 0.3 is 13.8 Å². The van der Waals surface area contributed by atoms with Crippen LogP contribution >= 0.6 is 7.82 Å². The van der Waals surface area contributed by atoms with Crippen LogP contribution in [0.25, 0.3) is 0 Å². The summed E-state index contributed by atoms with van der Waals surface area (Å²) in [5.74, 6) is -0.399. The first-order valence-corrected chi connectivity index (χ1v) is 22.3. The highest BCUT2D eigenvalue weighted by molar-refractivity contribution is 7.47. The first kappa shape index (κ1) is 51.2. The van der Waals surface area contributed by atoms with Crippen molar-refractivity contribution in [1.82, 2.24) is 0 Å². The molecule has 3 N–H and O–H groups in total. The number of phosphoric acid groups is 1. The molecule has 308 valence electrons. The number of carbonyl (C=O) groups is 1. The molecule has 0 saturated heterocycles. The number of hydrogen-bond acceptors (Lipinski definition) is 8. The Morgan fingerprint density at radius 1 is 0.604 bits per heavy atom. The van der Waals surface area contributed by atoms with Crippen LogP contribution in [-0.4, -0.2) is 66.3 Å². The zero-order chi connectivity index (χ0) is 38.9. The van der Waals surface area contributed by atoms with E-state index in [4.69, 9.17) is 23.6 Å². The molecule has 10 heteroatoms. The summed E-state index contributed by atoms with van der Waals surface area (Å²) in [6.45, 7) is 3.28. The first-order valence-electron chi connectivity index (χ1n) is 20.8. The summed E-state index contributed by atoms with van der Waals surface area (Å²) in [5, 5.41) is 18.3. The van der Waals surface area contributed by atoms with Gasteiger partial charge in [0.25, 0.3) is 0 Å². The zero-order valence-electron chi connectivity index (χ0n) is 33.5. The quantitative estimate of drug-likeness (QED) is 0.0242. The van der Waals surface area contributed by atoms with Crippen molar-refractivity contribution in [2.75, 3.05) is 33.0 Å². The first-order chi connectivity index (χ1) is 25.8. The maximum atomic E-state index is 12.6. The molecule has 0 saturated carbocycles. The lowest BCUT2D eigenvalue weighted by molar-refractivity contribution is -0.154. The monoisotopic (exact) mass is 769 g/mol. The van der Waals surface area contributed by atoms with Crippen LogP contribution in [0, 0.1) is 0 Å². The molecule has 0 aliphatic rings. The molecular weight excluding hydrogens is 691 g/mol. The van der Waals surface area contributed by atoms with Gasteiger partial charge < -0.3 is 24.6 Å². The Hall–Kier alpha value is -1.84. The molecular formula is C43H77O9P. The van der Waals surface area contributed by atoms with Crippen molar-refractivity contribution in [3.05, 3.63) is 60.8 Å². The number of ether oxygens (including phenoxy) is 2. The smallest absolute Gasteiger partial charge is 0.457 e. The van der Waals surface area contributed by atoms with Crippen molar-refractivity contribution >= 4 is 13.8 Å². The van der Waals surface area contributed by atoms with Gasteiger partial charge in [0.1, 0.15) is 12.2 Å². The predicted octanol–water partition coefficient (Wildman–Crippen LogP) is 11.2. The van der Waals surface area contributed by atoms with Gasteiger partial charge in [0, 0.05) is 13.0 Å². The molecule has 0 aliphatic heterocycles. The number of phosphoric ester groups is 1. The van der Waals surface area contributed by atoms with Crippen LogP contribution in [0.15, 0.2) is 60.8 Å². The van der Waals surface area contributed by atoms with Crippen LogP contribution in [0.2, 0.25) is 0 Å². The maximum absolute atomic E-state index is 12.6. The minimum absolute atomic E-state index is 0.0193. The van der Waals surface area contributed by atoms with Crippen molar-refractivity contribution in [2.24, 2.45) is 0 Å². The Kier molecular flexibility index (Phi) is 38.5. The fourth-order valence-corrected chi connectivity index (χ4v) is 6.11. The molecule has 0 rings (SSSR count). The summed E-state index contributed by atoms with van der Waals surface area (Å²) >= 11 is 0. The molecule has 0 heterocycles. The number of esters is 1. The van der Waals surface area contributed by atoms with Gasteiger partial charge in [-0.3, -0.25) is 13.8 Å². The van der Waals surface area contributed by atoms with Crippen LogP contribution in [0.5, 0.6) is 0 Å². The molecule has 3 atom stereocenters. The van der Waals surface area contributed by atoms with Crippen molar-refractivity contribution in [3.8, 4) is 0 Å². The highest BCUT2D eigenvalue weighted by Gasteiger charge is 2.26. The predicted molar refractivity (Wildman–Crippen MR) is 219 cm³/mol. The van der Waals surface area contributed by atoms with Gasteiger partial charge in [0.05, 0.1) is 26.4 Å². The van der Waals surface area contributed by atoms with Gasteiger partial charge in [-0.15, -0.1) is 0 Å². The molecule has 0 aromatic rings. The maximum Gasteiger partial charge on any atom is 0.472 e. The summed E-state index contributed by atoms with van der Waals surface area (Å²) in [6, 6.07) is 0. The number of unbranched alkanes of at least 4 members (excludes halogenated alkanes) is 15. The normalized spacial score (nSPS) is 14.7. The van der Waals surface area contributed by atoms with E-state index in [9.17, 15) is 19.4 Å². The number of hydrogen-bond donors (Lipinski definition) is 3. The van der Waals surface area contributed by atoms with E-state index in [1.165, 1.54) is 70.6 Å². The van der Waals surface area contributed by atoms with E-state index >= 15 is 0 Å². The summed E-state index contributed by atoms with van der Waals surface area (Å²) in [6.07, 6.45) is 44.7. The largest absolute Gasteiger partial charge is 0.472 e. The molecule has 0 fully saturated rings. The average molecular weight is 769 g/mol. The molecule has 0 aliphatic carbocycles. The third-order valence-corrected chi connectivity index (χ3v) is 9.42. The summed E-state index contributed by atoms with van der Waals surface area (Å²) in [4.78, 5) is 22.5. The third kappa shape index (κ3) is 39.7. The molecule has 0 aromatic heterocycles. The van der Waals surface area contributed by atoms with E-state index in [0.29, 0.717) is 6.61 Å². The minimum atomic E-state index is -4.53. The number of allylic oxidation sites excluding steroid dienone is 10. The average Bonchev–Trinajstić information content (AvgIpc) is 3.15. The van der Waals surface area contributed by atoms with Crippen LogP contribution in [0.3, 0.4) is 0 Å². The van der Waals surface area contributed by atoms with Gasteiger partial charge in [-0.25, -0.2) is 4.57 Å². The Morgan fingerprint density at radius 2 is 1.08 bits per heavy atom. The highest BCUT2D eigenvalue weighted by Crippen LogP contribution is 2.43. The Bertz CT molecular complexity index is 1010. The van der Waals surface area contributed by atoms with Crippen molar-refractivity contribution < 1.29 is 43.0 Å². The topological polar surface area (TPSA) is 132 Å². The second-order valence-corrected chi connectivity index (χ2v) is 15.1. The third-order valence-electron chi connectivity index (χ3n) is 8.47. The van der Waals surface area contributed by atoms with Crippen LogP contribution in [0.4, 0.5) is 0 Å². The van der Waals surface area contributed by atoms with E-state index in [1.807, 2.05) is 0 Å². The van der Waals surface area contributed by atoms with Crippen LogP contribution in [0.1, 0.15) is 162 Å². The molecule has 0 spiro atoms. The molecule has 0 bridgehead atoms. The number of rotatable bonds is 39. The Balaban J connectivity index is 4.28. The number of carbonyl (C=O) groups excluding carboxylic acids is 1. The molecule has 0 aromatic carbocycles. The van der Waals surface area contributed by atoms with E-state index in [0.717, 1.165) is 70.6 Å². The molecule has 53 heavy (non-hydrogen) atoms. The summed E-state index contributed by atoms with van der Waals surface area (Å²) in [5.41, 5.74) is 0. The number of aliphatic hydroxyl groups is 2. The SMILES string of the molecule is CC/C=C\C/C=C\C/C=C\C/C=C\C/C=C\CCCCOCC(COP(=O)(O)OCC(O)CO)OC(=O)CCCCCCCCCCCCCCCC. The molecule has 9 nitrogen and oxygen atoms in total.